The highest BCUT2D eigenvalue weighted by Gasteiger charge is 2.07. The molecule has 0 radical (unpaired) electrons. The number of halogens is 1. The van der Waals surface area contributed by atoms with Crippen LogP contribution in [0.4, 0.5) is 10.5 Å². The molecule has 0 aliphatic rings. The largest absolute Gasteiger partial charge is 0.487 e. The minimum atomic E-state index is -0.205. The second-order valence-corrected chi connectivity index (χ2v) is 5.15. The fourth-order valence-electron chi connectivity index (χ4n) is 1.67. The van der Waals surface area contributed by atoms with Crippen LogP contribution in [0.1, 0.15) is 5.56 Å². The second kappa shape index (κ2) is 6.99. The molecular weight excluding hydrogens is 288 g/mol. The molecule has 2 rings (SSSR count). The van der Waals surface area contributed by atoms with E-state index in [-0.39, 0.29) is 6.03 Å². The zero-order valence-corrected chi connectivity index (χ0v) is 12.7. The minimum Gasteiger partial charge on any atom is -0.487 e. The molecule has 5 heteroatoms. The van der Waals surface area contributed by atoms with Crippen molar-refractivity contribution in [3.8, 4) is 5.75 Å². The van der Waals surface area contributed by atoms with Crippen molar-refractivity contribution in [2.24, 2.45) is 0 Å². The van der Waals surface area contributed by atoms with Gasteiger partial charge in [-0.15, -0.1) is 0 Å². The van der Waals surface area contributed by atoms with Crippen LogP contribution in [-0.4, -0.2) is 25.0 Å². The molecule has 2 amide bonds. The minimum absolute atomic E-state index is 0.205. The number of rotatable bonds is 4. The second-order valence-electron chi connectivity index (χ2n) is 4.74. The lowest BCUT2D eigenvalue weighted by Crippen LogP contribution is -2.27. The summed E-state index contributed by atoms with van der Waals surface area (Å²) in [6.07, 6.45) is 0. The predicted octanol–water partition coefficient (Wildman–Crippen LogP) is 4.01. The highest BCUT2D eigenvalue weighted by molar-refractivity contribution is 6.32. The number of urea groups is 1. The lowest BCUT2D eigenvalue weighted by atomic mass is 10.2. The van der Waals surface area contributed by atoms with Crippen LogP contribution in [0.2, 0.25) is 5.02 Å². The summed E-state index contributed by atoms with van der Waals surface area (Å²) in [6, 6.07) is 14.8. The molecule has 4 nitrogen and oxygen atoms in total. The van der Waals surface area contributed by atoms with Crippen molar-refractivity contribution in [1.82, 2.24) is 4.90 Å². The van der Waals surface area contributed by atoms with Crippen molar-refractivity contribution in [2.75, 3.05) is 19.4 Å². The molecule has 0 unspecified atom stereocenters. The van der Waals surface area contributed by atoms with Gasteiger partial charge in [0.25, 0.3) is 0 Å². The zero-order valence-electron chi connectivity index (χ0n) is 12.0. The molecule has 0 aliphatic heterocycles. The third-order valence-corrected chi connectivity index (χ3v) is 3.12. The first kappa shape index (κ1) is 15.2. The summed E-state index contributed by atoms with van der Waals surface area (Å²) in [7, 11) is 3.35. The standard InChI is InChI=1S/C16H17ClN2O2/c1-19(2)16(20)18-13-8-9-15(14(17)10-13)21-11-12-6-4-3-5-7-12/h3-10H,11H2,1-2H3,(H,18,20). The van der Waals surface area contributed by atoms with Gasteiger partial charge >= 0.3 is 6.03 Å². The topological polar surface area (TPSA) is 41.6 Å². The maximum absolute atomic E-state index is 11.6. The summed E-state index contributed by atoms with van der Waals surface area (Å²) < 4.78 is 5.68. The molecule has 2 aromatic rings. The van der Waals surface area contributed by atoms with E-state index >= 15 is 0 Å². The van der Waals surface area contributed by atoms with E-state index in [1.54, 1.807) is 32.3 Å². The van der Waals surface area contributed by atoms with Gasteiger partial charge in [0.15, 0.2) is 0 Å². The van der Waals surface area contributed by atoms with Crippen LogP contribution in [0.15, 0.2) is 48.5 Å². The number of ether oxygens (including phenoxy) is 1. The van der Waals surface area contributed by atoms with Gasteiger partial charge in [-0.25, -0.2) is 4.79 Å². The maximum atomic E-state index is 11.6. The number of benzene rings is 2. The first-order valence-electron chi connectivity index (χ1n) is 6.51. The van der Waals surface area contributed by atoms with E-state index in [2.05, 4.69) is 5.32 Å². The van der Waals surface area contributed by atoms with Crippen molar-refractivity contribution in [1.29, 1.82) is 0 Å². The first-order chi connectivity index (χ1) is 10.1. The molecule has 0 saturated heterocycles. The van der Waals surface area contributed by atoms with Crippen LogP contribution in [0.25, 0.3) is 0 Å². The number of carbonyl (C=O) groups is 1. The van der Waals surface area contributed by atoms with E-state index in [0.717, 1.165) is 5.56 Å². The van der Waals surface area contributed by atoms with Gasteiger partial charge in [-0.3, -0.25) is 0 Å². The number of nitrogens with one attached hydrogen (secondary N) is 1. The van der Waals surface area contributed by atoms with Gasteiger partial charge in [0.1, 0.15) is 12.4 Å². The Morgan fingerprint density at radius 1 is 1.19 bits per heavy atom. The number of hydrogen-bond acceptors (Lipinski definition) is 2. The Morgan fingerprint density at radius 2 is 1.90 bits per heavy atom. The third kappa shape index (κ3) is 4.39. The molecule has 21 heavy (non-hydrogen) atoms. The summed E-state index contributed by atoms with van der Waals surface area (Å²) in [6.45, 7) is 0.448. The van der Waals surface area contributed by atoms with Crippen molar-refractivity contribution in [2.45, 2.75) is 6.61 Å². The molecule has 0 aliphatic carbocycles. The van der Waals surface area contributed by atoms with Crippen molar-refractivity contribution < 1.29 is 9.53 Å². The van der Waals surface area contributed by atoms with Crippen LogP contribution in [0.5, 0.6) is 5.75 Å². The Hall–Kier alpha value is -2.20. The fourth-order valence-corrected chi connectivity index (χ4v) is 1.90. The van der Waals surface area contributed by atoms with E-state index in [9.17, 15) is 4.79 Å². The van der Waals surface area contributed by atoms with Crippen molar-refractivity contribution in [3.63, 3.8) is 0 Å². The summed E-state index contributed by atoms with van der Waals surface area (Å²) >= 11 is 6.17. The van der Waals surface area contributed by atoms with E-state index in [1.807, 2.05) is 30.3 Å². The molecule has 110 valence electrons. The van der Waals surface area contributed by atoms with Gasteiger partial charge < -0.3 is 15.0 Å². The van der Waals surface area contributed by atoms with Gasteiger partial charge in [-0.2, -0.15) is 0 Å². The monoisotopic (exact) mass is 304 g/mol. The molecule has 0 atom stereocenters. The normalized spacial score (nSPS) is 10.0. The molecular formula is C16H17ClN2O2. The number of nitrogens with zero attached hydrogens (tertiary/aromatic N) is 1. The van der Waals surface area contributed by atoms with E-state index in [0.29, 0.717) is 23.1 Å². The van der Waals surface area contributed by atoms with Crippen LogP contribution in [-0.2, 0) is 6.61 Å². The quantitative estimate of drug-likeness (QED) is 0.927. The molecule has 0 aromatic heterocycles. The van der Waals surface area contributed by atoms with Crippen LogP contribution in [0, 0.1) is 0 Å². The van der Waals surface area contributed by atoms with Gasteiger partial charge in [0, 0.05) is 19.8 Å². The zero-order chi connectivity index (χ0) is 15.2. The lowest BCUT2D eigenvalue weighted by Gasteiger charge is -2.13. The van der Waals surface area contributed by atoms with Gasteiger partial charge in [-0.1, -0.05) is 41.9 Å². The van der Waals surface area contributed by atoms with E-state index in [4.69, 9.17) is 16.3 Å². The number of carbonyl (C=O) groups excluding carboxylic acids is 1. The Kier molecular flexibility index (Phi) is 5.06. The van der Waals surface area contributed by atoms with Crippen LogP contribution in [0.3, 0.4) is 0 Å². The van der Waals surface area contributed by atoms with Crippen LogP contribution >= 0.6 is 11.6 Å². The van der Waals surface area contributed by atoms with E-state index in [1.165, 1.54) is 4.90 Å². The fraction of sp³-hybridized carbons (Fsp3) is 0.188. The Bertz CT molecular complexity index is 615. The summed E-state index contributed by atoms with van der Waals surface area (Å²) in [5, 5.41) is 3.19. The molecule has 0 heterocycles. The summed E-state index contributed by atoms with van der Waals surface area (Å²) in [4.78, 5) is 13.0. The highest BCUT2D eigenvalue weighted by atomic mass is 35.5. The molecule has 2 aromatic carbocycles. The van der Waals surface area contributed by atoms with Gasteiger partial charge in [-0.05, 0) is 23.8 Å². The smallest absolute Gasteiger partial charge is 0.321 e. The molecule has 0 fully saturated rings. The molecule has 0 spiro atoms. The maximum Gasteiger partial charge on any atom is 0.321 e. The average Bonchev–Trinajstić information content (AvgIpc) is 2.47. The third-order valence-electron chi connectivity index (χ3n) is 2.83. The van der Waals surface area contributed by atoms with Crippen LogP contribution < -0.4 is 10.1 Å². The lowest BCUT2D eigenvalue weighted by molar-refractivity contribution is 0.230. The summed E-state index contributed by atoms with van der Waals surface area (Å²) in [5.41, 5.74) is 1.70. The average molecular weight is 305 g/mol. The SMILES string of the molecule is CN(C)C(=O)Nc1ccc(OCc2ccccc2)c(Cl)c1. The Balaban J connectivity index is 2.01. The number of amides is 2. The predicted molar refractivity (Wildman–Crippen MR) is 84.9 cm³/mol. The van der Waals surface area contributed by atoms with E-state index < -0.39 is 0 Å². The van der Waals surface area contributed by atoms with Gasteiger partial charge in [0.2, 0.25) is 0 Å². The first-order valence-corrected chi connectivity index (χ1v) is 6.88. The molecule has 1 N–H and O–H groups in total. The van der Waals surface area contributed by atoms with Crippen molar-refractivity contribution in [3.05, 3.63) is 59.1 Å². The number of hydrogen-bond donors (Lipinski definition) is 1. The van der Waals surface area contributed by atoms with Crippen molar-refractivity contribution >= 4 is 23.3 Å². The Labute approximate surface area is 129 Å². The number of anilines is 1. The molecule has 0 saturated carbocycles. The van der Waals surface area contributed by atoms with Gasteiger partial charge in [0.05, 0.1) is 5.02 Å². The summed E-state index contributed by atoms with van der Waals surface area (Å²) in [5.74, 6) is 0.586. The Morgan fingerprint density at radius 3 is 2.52 bits per heavy atom. The highest BCUT2D eigenvalue weighted by Crippen LogP contribution is 2.28. The molecule has 0 bridgehead atoms.